The molecule has 0 spiro atoms. The Kier molecular flexibility index (Phi) is 4.32. The first-order valence-corrected chi connectivity index (χ1v) is 9.06. The summed E-state index contributed by atoms with van der Waals surface area (Å²) in [5.41, 5.74) is 0.940. The van der Waals surface area contributed by atoms with Gasteiger partial charge in [0.15, 0.2) is 5.13 Å². The number of benzene rings is 2. The minimum absolute atomic E-state index is 0.0803. The normalized spacial score (nSPS) is 13.9. The zero-order valence-corrected chi connectivity index (χ0v) is 15.1. The highest BCUT2D eigenvalue weighted by Crippen LogP contribution is 2.29. The molecule has 3 amide bonds. The molecule has 0 saturated carbocycles. The van der Waals surface area contributed by atoms with Crippen LogP contribution in [0.4, 0.5) is 16.5 Å². The van der Waals surface area contributed by atoms with Crippen molar-refractivity contribution in [3.8, 4) is 0 Å². The second-order valence-corrected chi connectivity index (χ2v) is 7.09. The molecule has 2 aromatic carbocycles. The van der Waals surface area contributed by atoms with Gasteiger partial charge in [-0.2, -0.15) is 0 Å². The van der Waals surface area contributed by atoms with E-state index in [-0.39, 0.29) is 35.9 Å². The van der Waals surface area contributed by atoms with Gasteiger partial charge in [0, 0.05) is 30.5 Å². The lowest BCUT2D eigenvalue weighted by Crippen LogP contribution is -2.28. The minimum atomic E-state index is -0.510. The van der Waals surface area contributed by atoms with E-state index in [4.69, 9.17) is 0 Å². The van der Waals surface area contributed by atoms with Crippen molar-refractivity contribution < 1.29 is 19.3 Å². The first-order valence-electron chi connectivity index (χ1n) is 8.24. The Morgan fingerprint density at radius 3 is 2.61 bits per heavy atom. The predicted molar refractivity (Wildman–Crippen MR) is 102 cm³/mol. The van der Waals surface area contributed by atoms with Crippen molar-refractivity contribution in [2.75, 3.05) is 10.2 Å². The molecule has 0 radical (unpaired) electrons. The van der Waals surface area contributed by atoms with Gasteiger partial charge < -0.3 is 0 Å². The summed E-state index contributed by atoms with van der Waals surface area (Å²) in [7, 11) is 0. The van der Waals surface area contributed by atoms with Crippen LogP contribution in [0, 0.1) is 10.1 Å². The molecule has 4 rings (SSSR count). The molecule has 3 aromatic rings. The van der Waals surface area contributed by atoms with Crippen LogP contribution in [0.1, 0.15) is 23.2 Å². The van der Waals surface area contributed by atoms with Gasteiger partial charge in [-0.3, -0.25) is 34.7 Å². The predicted octanol–water partition coefficient (Wildman–Crippen LogP) is 3.11. The number of nitro benzene ring substituents is 1. The maximum absolute atomic E-state index is 12.6. The smallest absolute Gasteiger partial charge is 0.271 e. The number of nitrogens with one attached hydrogen (secondary N) is 1. The summed E-state index contributed by atoms with van der Waals surface area (Å²) in [6.45, 7) is 0. The fourth-order valence-electron chi connectivity index (χ4n) is 2.90. The van der Waals surface area contributed by atoms with Crippen LogP contribution < -0.4 is 10.2 Å². The lowest BCUT2D eigenvalue weighted by molar-refractivity contribution is -0.384. The average Bonchev–Trinajstić information content (AvgIpc) is 3.23. The van der Waals surface area contributed by atoms with Crippen LogP contribution in [-0.2, 0) is 9.59 Å². The van der Waals surface area contributed by atoms with Crippen LogP contribution in [0.3, 0.4) is 0 Å². The molecule has 1 aliphatic heterocycles. The van der Waals surface area contributed by atoms with Gasteiger partial charge in [-0.15, -0.1) is 0 Å². The number of aromatic nitrogens is 1. The zero-order chi connectivity index (χ0) is 19.8. The zero-order valence-electron chi connectivity index (χ0n) is 14.2. The molecule has 0 unspecified atom stereocenters. The first-order chi connectivity index (χ1) is 13.4. The summed E-state index contributed by atoms with van der Waals surface area (Å²) >= 11 is 1.19. The van der Waals surface area contributed by atoms with Crippen LogP contribution >= 0.6 is 11.3 Å². The van der Waals surface area contributed by atoms with E-state index in [0.717, 1.165) is 4.90 Å². The molecular formula is C18H12N4O5S. The first kappa shape index (κ1) is 17.7. The van der Waals surface area contributed by atoms with Crippen molar-refractivity contribution >= 4 is 55.8 Å². The Morgan fingerprint density at radius 1 is 1.14 bits per heavy atom. The van der Waals surface area contributed by atoms with Gasteiger partial charge in [0.05, 0.1) is 20.8 Å². The largest absolute Gasteiger partial charge is 0.298 e. The van der Waals surface area contributed by atoms with Gasteiger partial charge in [-0.1, -0.05) is 17.4 Å². The number of imide groups is 1. The van der Waals surface area contributed by atoms with E-state index in [1.165, 1.54) is 29.5 Å². The van der Waals surface area contributed by atoms with Gasteiger partial charge in [-0.25, -0.2) is 4.98 Å². The van der Waals surface area contributed by atoms with E-state index in [9.17, 15) is 24.5 Å². The molecule has 28 heavy (non-hydrogen) atoms. The number of hydrogen-bond donors (Lipinski definition) is 1. The highest BCUT2D eigenvalue weighted by atomic mass is 32.1. The lowest BCUT2D eigenvalue weighted by Gasteiger charge is -2.14. The second-order valence-electron chi connectivity index (χ2n) is 6.06. The van der Waals surface area contributed by atoms with E-state index in [1.807, 2.05) is 0 Å². The van der Waals surface area contributed by atoms with Gasteiger partial charge in [0.25, 0.3) is 11.6 Å². The van der Waals surface area contributed by atoms with Crippen LogP contribution in [-0.4, -0.2) is 27.6 Å². The van der Waals surface area contributed by atoms with Gasteiger partial charge in [-0.05, 0) is 24.3 Å². The van der Waals surface area contributed by atoms with Gasteiger partial charge in [0.1, 0.15) is 0 Å². The number of carbonyl (C=O) groups is 3. The van der Waals surface area contributed by atoms with Crippen molar-refractivity contribution in [2.24, 2.45) is 0 Å². The monoisotopic (exact) mass is 396 g/mol. The van der Waals surface area contributed by atoms with Crippen LogP contribution in [0.2, 0.25) is 0 Å². The Balaban J connectivity index is 1.58. The summed E-state index contributed by atoms with van der Waals surface area (Å²) in [5, 5.41) is 13.8. The summed E-state index contributed by atoms with van der Waals surface area (Å²) in [5.74, 6) is -1.06. The standard InChI is InChI=1S/C18H12N4O5S/c23-15-6-7-16(24)21(15)11-3-1-2-10(8-11)17(25)20-18-19-13-9-12(22(26)27)4-5-14(13)28-18/h1-5,8-9H,6-7H2,(H,19,20,25). The molecule has 9 nitrogen and oxygen atoms in total. The summed E-state index contributed by atoms with van der Waals surface area (Å²) in [6, 6.07) is 10.5. The fourth-order valence-corrected chi connectivity index (χ4v) is 3.74. The average molecular weight is 396 g/mol. The molecule has 1 saturated heterocycles. The van der Waals surface area contributed by atoms with Crippen molar-refractivity contribution in [1.82, 2.24) is 4.98 Å². The molecule has 0 aliphatic carbocycles. The summed E-state index contributed by atoms with van der Waals surface area (Å²) in [4.78, 5) is 52.0. The number of rotatable bonds is 4. The highest BCUT2D eigenvalue weighted by Gasteiger charge is 2.30. The number of carbonyl (C=O) groups excluding carboxylic acids is 3. The van der Waals surface area contributed by atoms with Crippen molar-refractivity contribution in [3.63, 3.8) is 0 Å². The quantitative estimate of drug-likeness (QED) is 0.411. The molecule has 1 N–H and O–H groups in total. The van der Waals surface area contributed by atoms with Crippen LogP contribution in [0.15, 0.2) is 42.5 Å². The maximum Gasteiger partial charge on any atom is 0.271 e. The molecule has 0 bridgehead atoms. The molecular weight excluding hydrogens is 384 g/mol. The van der Waals surface area contributed by atoms with Gasteiger partial charge in [0.2, 0.25) is 11.8 Å². The number of nitro groups is 1. The third-order valence-corrected chi connectivity index (χ3v) is 5.17. The Hall–Kier alpha value is -3.66. The second kappa shape index (κ2) is 6.82. The van der Waals surface area contributed by atoms with Crippen molar-refractivity contribution in [2.45, 2.75) is 12.8 Å². The summed E-state index contributed by atoms with van der Waals surface area (Å²) < 4.78 is 0.697. The minimum Gasteiger partial charge on any atom is -0.298 e. The molecule has 1 aliphatic rings. The van der Waals surface area contributed by atoms with Crippen LogP contribution in [0.5, 0.6) is 0 Å². The maximum atomic E-state index is 12.6. The summed E-state index contributed by atoms with van der Waals surface area (Å²) in [6.07, 6.45) is 0.320. The van der Waals surface area contributed by atoms with Crippen molar-refractivity contribution in [1.29, 1.82) is 0 Å². The highest BCUT2D eigenvalue weighted by molar-refractivity contribution is 7.22. The van der Waals surface area contributed by atoms with E-state index in [1.54, 1.807) is 24.3 Å². The molecule has 10 heteroatoms. The molecule has 2 heterocycles. The SMILES string of the molecule is O=C(Nc1nc2cc([N+](=O)[O-])ccc2s1)c1cccc(N2C(=O)CCC2=O)c1. The third-order valence-electron chi connectivity index (χ3n) is 4.22. The number of thiazole rings is 1. The van der Waals surface area contributed by atoms with Crippen molar-refractivity contribution in [3.05, 3.63) is 58.1 Å². The van der Waals surface area contributed by atoms with E-state index in [0.29, 0.717) is 21.0 Å². The molecule has 0 atom stereocenters. The van der Waals surface area contributed by atoms with E-state index in [2.05, 4.69) is 10.3 Å². The number of non-ortho nitro benzene ring substituents is 1. The Morgan fingerprint density at radius 2 is 1.89 bits per heavy atom. The fraction of sp³-hybridized carbons (Fsp3) is 0.111. The topological polar surface area (TPSA) is 123 Å². The van der Waals surface area contributed by atoms with Crippen LogP contribution in [0.25, 0.3) is 10.2 Å². The number of anilines is 2. The van der Waals surface area contributed by atoms with E-state index >= 15 is 0 Å². The van der Waals surface area contributed by atoms with E-state index < -0.39 is 10.8 Å². The molecule has 1 aromatic heterocycles. The third kappa shape index (κ3) is 3.21. The molecule has 140 valence electrons. The number of hydrogen-bond acceptors (Lipinski definition) is 7. The molecule has 1 fully saturated rings. The number of nitrogens with zero attached hydrogens (tertiary/aromatic N) is 3. The number of fused-ring (bicyclic) bond motifs is 1. The Bertz CT molecular complexity index is 1140. The Labute approximate surface area is 161 Å². The van der Waals surface area contributed by atoms with Gasteiger partial charge >= 0.3 is 0 Å². The lowest BCUT2D eigenvalue weighted by atomic mass is 10.2. The number of amides is 3.